The van der Waals surface area contributed by atoms with Gasteiger partial charge in [0.1, 0.15) is 6.61 Å². The van der Waals surface area contributed by atoms with E-state index in [1.807, 2.05) is 32.0 Å². The summed E-state index contributed by atoms with van der Waals surface area (Å²) in [4.78, 5) is 11.9. The number of hydrogen-bond donors (Lipinski definition) is 0. The van der Waals surface area contributed by atoms with Crippen molar-refractivity contribution in [1.82, 2.24) is 0 Å². The molecule has 0 aliphatic carbocycles. The minimum atomic E-state index is 0.0719. The van der Waals surface area contributed by atoms with E-state index in [1.165, 1.54) is 5.56 Å². The number of benzene rings is 1. The molecule has 0 atom stereocenters. The highest BCUT2D eigenvalue weighted by Crippen LogP contribution is 2.10. The van der Waals surface area contributed by atoms with Gasteiger partial charge in [-0.05, 0) is 49.8 Å². The number of aryl methyl sites for hydroxylation is 2. The van der Waals surface area contributed by atoms with E-state index in [4.69, 9.17) is 4.74 Å². The fourth-order valence-electron chi connectivity index (χ4n) is 1.76. The van der Waals surface area contributed by atoms with Crippen molar-refractivity contribution < 1.29 is 9.53 Å². The van der Waals surface area contributed by atoms with Crippen LogP contribution in [0.4, 0.5) is 0 Å². The fourth-order valence-corrected chi connectivity index (χ4v) is 1.76. The third-order valence-electron chi connectivity index (χ3n) is 3.13. The molecule has 2 heteroatoms. The maximum atomic E-state index is 11.9. The Morgan fingerprint density at radius 1 is 1.22 bits per heavy atom. The lowest BCUT2D eigenvalue weighted by molar-refractivity contribution is 0.0749. The average Bonchev–Trinajstić information content (AvgIpc) is 2.31. The summed E-state index contributed by atoms with van der Waals surface area (Å²) < 4.78 is 5.42. The molecular weight excluding hydrogens is 224 g/mol. The molecule has 0 unspecified atom stereocenters. The van der Waals surface area contributed by atoms with Crippen LogP contribution >= 0.6 is 0 Å². The Kier molecular flexibility index (Phi) is 6.06. The Morgan fingerprint density at radius 2 is 1.94 bits per heavy atom. The zero-order valence-corrected chi connectivity index (χ0v) is 12.0. The maximum absolute atomic E-state index is 11.9. The number of hydrogen-bond acceptors (Lipinski definition) is 2. The van der Waals surface area contributed by atoms with E-state index in [0.29, 0.717) is 12.5 Å². The van der Waals surface area contributed by atoms with E-state index < -0.39 is 0 Å². The van der Waals surface area contributed by atoms with Gasteiger partial charge in [0.25, 0.3) is 0 Å². The van der Waals surface area contributed by atoms with Crippen LogP contribution in [0.1, 0.15) is 48.2 Å². The summed E-state index contributed by atoms with van der Waals surface area (Å²) in [6, 6.07) is 5.80. The van der Waals surface area contributed by atoms with Crippen molar-refractivity contribution in [2.45, 2.75) is 40.5 Å². The second-order valence-corrected chi connectivity index (χ2v) is 5.31. The van der Waals surface area contributed by atoms with Crippen LogP contribution in [0, 0.1) is 19.8 Å². The molecule has 18 heavy (non-hydrogen) atoms. The summed E-state index contributed by atoms with van der Waals surface area (Å²) >= 11 is 0. The first-order valence-corrected chi connectivity index (χ1v) is 6.69. The van der Waals surface area contributed by atoms with E-state index in [1.54, 1.807) is 0 Å². The van der Waals surface area contributed by atoms with Crippen LogP contribution < -0.4 is 0 Å². The number of ether oxygens (including phenoxy) is 1. The summed E-state index contributed by atoms with van der Waals surface area (Å²) in [6.45, 7) is 9.33. The monoisotopic (exact) mass is 248 g/mol. The van der Waals surface area contributed by atoms with Gasteiger partial charge in [-0.1, -0.05) is 26.0 Å². The Balaban J connectivity index is 2.34. The van der Waals surface area contributed by atoms with Gasteiger partial charge >= 0.3 is 0 Å². The molecule has 0 amide bonds. The molecule has 100 valence electrons. The molecule has 0 radical (unpaired) electrons. The molecule has 0 saturated carbocycles. The highest BCUT2D eigenvalue weighted by atomic mass is 16.5. The molecule has 0 spiro atoms. The van der Waals surface area contributed by atoms with Crippen LogP contribution in [0.15, 0.2) is 18.2 Å². The number of rotatable bonds is 7. The van der Waals surface area contributed by atoms with E-state index in [0.717, 1.165) is 24.0 Å². The van der Waals surface area contributed by atoms with Gasteiger partial charge < -0.3 is 4.74 Å². The SMILES string of the molecule is Cc1ccc(C(=O)COCCCC(C)C)cc1C. The predicted octanol–water partition coefficient (Wildman–Crippen LogP) is 3.94. The van der Waals surface area contributed by atoms with Crippen LogP contribution in [0.25, 0.3) is 0 Å². The van der Waals surface area contributed by atoms with E-state index in [9.17, 15) is 4.79 Å². The normalized spacial score (nSPS) is 10.9. The molecule has 0 N–H and O–H groups in total. The summed E-state index contributed by atoms with van der Waals surface area (Å²) in [5.74, 6) is 0.770. The van der Waals surface area contributed by atoms with Crippen molar-refractivity contribution >= 4 is 5.78 Å². The first kappa shape index (κ1) is 14.9. The summed E-state index contributed by atoms with van der Waals surface area (Å²) in [6.07, 6.45) is 2.18. The van der Waals surface area contributed by atoms with Gasteiger partial charge in [0.15, 0.2) is 5.78 Å². The summed E-state index contributed by atoms with van der Waals surface area (Å²) in [7, 11) is 0. The zero-order chi connectivity index (χ0) is 13.5. The number of Topliss-reactive ketones (excluding diaryl/α,β-unsaturated/α-hetero) is 1. The van der Waals surface area contributed by atoms with Crippen molar-refractivity contribution in [3.05, 3.63) is 34.9 Å². The number of ketones is 1. The minimum Gasteiger partial charge on any atom is -0.373 e. The van der Waals surface area contributed by atoms with E-state index in [2.05, 4.69) is 13.8 Å². The lowest BCUT2D eigenvalue weighted by Gasteiger charge is -2.07. The van der Waals surface area contributed by atoms with Crippen LogP contribution in [0.5, 0.6) is 0 Å². The van der Waals surface area contributed by atoms with Gasteiger partial charge in [-0.3, -0.25) is 4.79 Å². The van der Waals surface area contributed by atoms with Gasteiger partial charge in [0.05, 0.1) is 0 Å². The number of carbonyl (C=O) groups is 1. The molecule has 1 rings (SSSR count). The quantitative estimate of drug-likeness (QED) is 0.539. The molecule has 2 nitrogen and oxygen atoms in total. The molecule has 0 aliphatic rings. The number of carbonyl (C=O) groups excluding carboxylic acids is 1. The molecule has 1 aromatic carbocycles. The Hall–Kier alpha value is -1.15. The van der Waals surface area contributed by atoms with Gasteiger partial charge in [0.2, 0.25) is 0 Å². The second-order valence-electron chi connectivity index (χ2n) is 5.31. The van der Waals surface area contributed by atoms with E-state index >= 15 is 0 Å². The lowest BCUT2D eigenvalue weighted by atomic mass is 10.0. The van der Waals surface area contributed by atoms with Crippen LogP contribution in [0.3, 0.4) is 0 Å². The van der Waals surface area contributed by atoms with Crippen LogP contribution in [-0.2, 0) is 4.74 Å². The molecule has 0 fully saturated rings. The molecule has 0 saturated heterocycles. The maximum Gasteiger partial charge on any atom is 0.188 e. The molecule has 0 aromatic heterocycles. The largest absolute Gasteiger partial charge is 0.373 e. The van der Waals surface area contributed by atoms with Crippen molar-refractivity contribution in [2.24, 2.45) is 5.92 Å². The third kappa shape index (κ3) is 5.01. The molecule has 0 bridgehead atoms. The average molecular weight is 248 g/mol. The third-order valence-corrected chi connectivity index (χ3v) is 3.13. The van der Waals surface area contributed by atoms with Crippen molar-refractivity contribution in [1.29, 1.82) is 0 Å². The van der Waals surface area contributed by atoms with Crippen LogP contribution in [-0.4, -0.2) is 19.0 Å². The molecule has 1 aromatic rings. The standard InChI is InChI=1S/C16H24O2/c1-12(2)6-5-9-18-11-16(17)15-8-7-13(3)14(4)10-15/h7-8,10,12H,5-6,9,11H2,1-4H3. The van der Waals surface area contributed by atoms with Gasteiger partial charge in [0, 0.05) is 12.2 Å². The Bertz CT molecular complexity index is 394. The summed E-state index contributed by atoms with van der Waals surface area (Å²) in [5.41, 5.74) is 3.12. The van der Waals surface area contributed by atoms with Gasteiger partial charge in [-0.25, -0.2) is 0 Å². The first-order valence-electron chi connectivity index (χ1n) is 6.69. The van der Waals surface area contributed by atoms with Crippen molar-refractivity contribution in [2.75, 3.05) is 13.2 Å². The Morgan fingerprint density at radius 3 is 2.56 bits per heavy atom. The highest BCUT2D eigenvalue weighted by molar-refractivity contribution is 5.97. The fraction of sp³-hybridized carbons (Fsp3) is 0.562. The lowest BCUT2D eigenvalue weighted by Crippen LogP contribution is -2.10. The minimum absolute atomic E-state index is 0.0719. The van der Waals surface area contributed by atoms with Gasteiger partial charge in [-0.15, -0.1) is 0 Å². The van der Waals surface area contributed by atoms with Crippen molar-refractivity contribution in [3.8, 4) is 0 Å². The molecule has 0 aliphatic heterocycles. The second kappa shape index (κ2) is 7.32. The smallest absolute Gasteiger partial charge is 0.188 e. The predicted molar refractivity (Wildman–Crippen MR) is 75.1 cm³/mol. The zero-order valence-electron chi connectivity index (χ0n) is 12.0. The topological polar surface area (TPSA) is 26.3 Å². The highest BCUT2D eigenvalue weighted by Gasteiger charge is 2.07. The van der Waals surface area contributed by atoms with Crippen LogP contribution in [0.2, 0.25) is 0 Å². The van der Waals surface area contributed by atoms with E-state index in [-0.39, 0.29) is 12.4 Å². The Labute approximate surface area is 110 Å². The molecule has 0 heterocycles. The molecular formula is C16H24O2. The van der Waals surface area contributed by atoms with Crippen molar-refractivity contribution in [3.63, 3.8) is 0 Å². The first-order chi connectivity index (χ1) is 8.50. The summed E-state index contributed by atoms with van der Waals surface area (Å²) in [5, 5.41) is 0. The van der Waals surface area contributed by atoms with Gasteiger partial charge in [-0.2, -0.15) is 0 Å².